The summed E-state index contributed by atoms with van der Waals surface area (Å²) in [7, 11) is -11.0. The summed E-state index contributed by atoms with van der Waals surface area (Å²) in [5.41, 5.74) is 9.89. The molecule has 0 saturated carbocycles. The first-order valence-electron chi connectivity index (χ1n) is 12.5. The van der Waals surface area contributed by atoms with E-state index in [1.54, 1.807) is 6.92 Å². The van der Waals surface area contributed by atoms with Gasteiger partial charge in [-0.2, -0.15) is 9.97 Å². The molecular formula is C20H28N8O13P2. The first-order valence-corrected chi connectivity index (χ1v) is 15.6. The number of fused-ring (bicyclic) bond motifs is 1. The van der Waals surface area contributed by atoms with Crippen molar-refractivity contribution in [2.45, 2.75) is 55.9 Å². The van der Waals surface area contributed by atoms with Gasteiger partial charge in [0, 0.05) is 24.6 Å². The van der Waals surface area contributed by atoms with E-state index in [1.807, 2.05) is 0 Å². The van der Waals surface area contributed by atoms with E-state index in [2.05, 4.69) is 19.9 Å². The second kappa shape index (κ2) is 11.1. The molecule has 3 aromatic heterocycles. The molecule has 236 valence electrons. The number of hydrogen-bond donors (Lipinski definition) is 8. The number of phosphoric ester groups is 1. The van der Waals surface area contributed by atoms with Crippen molar-refractivity contribution < 1.29 is 52.5 Å². The number of aliphatic hydroxyl groups excluding tert-OH is 2. The number of aliphatic hydroxyl groups is 2. The average molecular weight is 650 g/mol. The fourth-order valence-electron chi connectivity index (χ4n) is 4.98. The topological polar surface area (TPSA) is 323 Å². The molecule has 2 aliphatic rings. The van der Waals surface area contributed by atoms with Gasteiger partial charge in [-0.25, -0.2) is 14.3 Å². The van der Waals surface area contributed by atoms with Gasteiger partial charge < -0.3 is 50.4 Å². The lowest BCUT2D eigenvalue weighted by atomic mass is 10.2. The van der Waals surface area contributed by atoms with Gasteiger partial charge >= 0.3 is 21.1 Å². The minimum absolute atomic E-state index is 0.00140. The summed E-state index contributed by atoms with van der Waals surface area (Å²) in [6.07, 6.45) is -5.50. The number of aryl methyl sites for hydroxylation is 1. The Labute approximate surface area is 239 Å². The lowest BCUT2D eigenvalue weighted by molar-refractivity contribution is -0.0662. The Morgan fingerprint density at radius 3 is 2.56 bits per heavy atom. The Hall–Kier alpha value is -3.07. The van der Waals surface area contributed by atoms with E-state index in [-0.39, 0.29) is 29.4 Å². The molecule has 2 fully saturated rings. The lowest BCUT2D eigenvalue weighted by Crippen LogP contribution is -2.43. The number of anilines is 2. The molecule has 0 spiro atoms. The summed E-state index contributed by atoms with van der Waals surface area (Å²) < 4.78 is 49.4. The number of aromatic nitrogens is 6. The molecule has 2 aliphatic heterocycles. The number of phosphoric acid groups is 1. The highest BCUT2D eigenvalue weighted by atomic mass is 31.2. The molecule has 0 radical (unpaired) electrons. The van der Waals surface area contributed by atoms with Crippen LogP contribution in [0, 0.1) is 6.92 Å². The molecule has 2 saturated heterocycles. The van der Waals surface area contributed by atoms with Crippen LogP contribution in [-0.4, -0.2) is 90.8 Å². The van der Waals surface area contributed by atoms with E-state index in [0.29, 0.717) is 5.56 Å². The van der Waals surface area contributed by atoms with Crippen LogP contribution in [0.1, 0.15) is 30.9 Å². The van der Waals surface area contributed by atoms with E-state index < -0.39 is 82.4 Å². The first-order chi connectivity index (χ1) is 20.0. The Kier molecular flexibility index (Phi) is 8.12. The van der Waals surface area contributed by atoms with Crippen LogP contribution < -0.4 is 22.7 Å². The molecule has 5 heterocycles. The van der Waals surface area contributed by atoms with Gasteiger partial charge in [-0.05, 0) is 6.92 Å². The number of nitrogens with zero attached hydrogens (tertiary/aromatic N) is 5. The summed E-state index contributed by atoms with van der Waals surface area (Å²) in [6.45, 7) is -0.306. The maximum Gasteiger partial charge on any atom is 0.470 e. The monoisotopic (exact) mass is 650 g/mol. The smallest absolute Gasteiger partial charge is 0.394 e. The third-order valence-corrected chi connectivity index (χ3v) is 9.80. The second-order valence-corrected chi connectivity index (χ2v) is 13.1. The normalized spacial score (nSPS) is 29.3. The SMILES string of the molecule is Cc1cn([C@H]2C[C@H](O)[C@@H](COP(=O)(O)[C@]3(OP(=O)(O)O)C[C@H](n4cnc5c(=O)[nH]c(N)nc54)O[C@@H]3CO)O2)c(=O)nc1N. The largest absolute Gasteiger partial charge is 0.470 e. The van der Waals surface area contributed by atoms with Crippen LogP contribution >= 0.6 is 15.4 Å². The van der Waals surface area contributed by atoms with Gasteiger partial charge in [0.2, 0.25) is 11.3 Å². The number of nitrogens with one attached hydrogen (secondary N) is 1. The molecule has 10 N–H and O–H groups in total. The van der Waals surface area contributed by atoms with Crippen LogP contribution in [-0.2, 0) is 27.7 Å². The van der Waals surface area contributed by atoms with Gasteiger partial charge in [0.1, 0.15) is 30.5 Å². The highest BCUT2D eigenvalue weighted by Gasteiger charge is 2.65. The summed E-state index contributed by atoms with van der Waals surface area (Å²) in [6, 6.07) is 0. The molecule has 0 aromatic carbocycles. The molecule has 43 heavy (non-hydrogen) atoms. The molecule has 5 rings (SSSR count). The molecule has 0 amide bonds. The average Bonchev–Trinajstić information content (AvgIpc) is 3.59. The van der Waals surface area contributed by atoms with E-state index in [1.165, 1.54) is 6.20 Å². The Bertz CT molecular complexity index is 1760. The van der Waals surface area contributed by atoms with Gasteiger partial charge in [-0.15, -0.1) is 0 Å². The van der Waals surface area contributed by atoms with Crippen molar-refractivity contribution in [3.63, 3.8) is 0 Å². The van der Waals surface area contributed by atoms with Crippen molar-refractivity contribution in [2.75, 3.05) is 24.7 Å². The van der Waals surface area contributed by atoms with Gasteiger partial charge in [0.25, 0.3) is 5.56 Å². The number of hydrogen-bond acceptors (Lipinski definition) is 15. The second-order valence-electron chi connectivity index (χ2n) is 9.92. The van der Waals surface area contributed by atoms with Crippen molar-refractivity contribution in [1.82, 2.24) is 29.1 Å². The van der Waals surface area contributed by atoms with Crippen LogP contribution in [0.2, 0.25) is 0 Å². The molecule has 21 nitrogen and oxygen atoms in total. The summed E-state index contributed by atoms with van der Waals surface area (Å²) in [5.74, 6) is -0.299. The summed E-state index contributed by atoms with van der Waals surface area (Å²) in [5, 5.41) is 17.7. The Balaban J connectivity index is 1.42. The number of nitrogen functional groups attached to an aromatic ring is 2. The van der Waals surface area contributed by atoms with Crippen LogP contribution in [0.25, 0.3) is 11.2 Å². The van der Waals surface area contributed by atoms with Crippen molar-refractivity contribution >= 4 is 38.3 Å². The molecule has 3 aromatic rings. The van der Waals surface area contributed by atoms with Gasteiger partial charge in [-0.3, -0.25) is 28.0 Å². The minimum Gasteiger partial charge on any atom is -0.394 e. The number of rotatable bonds is 9. The fourth-order valence-corrected chi connectivity index (χ4v) is 7.78. The van der Waals surface area contributed by atoms with E-state index in [0.717, 1.165) is 15.5 Å². The highest BCUT2D eigenvalue weighted by molar-refractivity contribution is 7.55. The van der Waals surface area contributed by atoms with Gasteiger partial charge in [0.15, 0.2) is 11.2 Å². The molecule has 0 aliphatic carbocycles. The summed E-state index contributed by atoms with van der Waals surface area (Å²) >= 11 is 0. The van der Waals surface area contributed by atoms with E-state index in [9.17, 15) is 43.6 Å². The van der Waals surface area contributed by atoms with Crippen LogP contribution in [0.4, 0.5) is 11.8 Å². The maximum absolute atomic E-state index is 13.8. The molecular weight excluding hydrogens is 622 g/mol. The third-order valence-electron chi connectivity index (χ3n) is 7.08. The van der Waals surface area contributed by atoms with Crippen LogP contribution in [0.15, 0.2) is 22.1 Å². The lowest BCUT2D eigenvalue weighted by Gasteiger charge is -2.35. The number of aromatic amines is 1. The minimum atomic E-state index is -5.57. The molecule has 23 heteroatoms. The van der Waals surface area contributed by atoms with E-state index >= 15 is 0 Å². The number of imidazole rings is 1. The van der Waals surface area contributed by atoms with Crippen molar-refractivity contribution in [3.8, 4) is 0 Å². The molecule has 1 unspecified atom stereocenters. The third kappa shape index (κ3) is 5.77. The van der Waals surface area contributed by atoms with E-state index in [4.69, 9.17) is 30.0 Å². The Morgan fingerprint density at radius 2 is 1.88 bits per heavy atom. The highest BCUT2D eigenvalue weighted by Crippen LogP contribution is 2.68. The molecule has 0 bridgehead atoms. The van der Waals surface area contributed by atoms with Crippen molar-refractivity contribution in [3.05, 3.63) is 38.9 Å². The predicted octanol–water partition coefficient (Wildman–Crippen LogP) is -2.21. The number of nitrogens with two attached hydrogens (primary N) is 2. The quantitative estimate of drug-likeness (QED) is 0.114. The van der Waals surface area contributed by atoms with Gasteiger partial charge in [0.05, 0.1) is 25.6 Å². The predicted molar refractivity (Wildman–Crippen MR) is 142 cm³/mol. The number of ether oxygens (including phenoxy) is 2. The van der Waals surface area contributed by atoms with Crippen molar-refractivity contribution in [2.24, 2.45) is 0 Å². The Morgan fingerprint density at radius 1 is 1.16 bits per heavy atom. The first kappa shape index (κ1) is 31.4. The van der Waals surface area contributed by atoms with Crippen LogP contribution in [0.5, 0.6) is 0 Å². The zero-order valence-electron chi connectivity index (χ0n) is 22.2. The summed E-state index contributed by atoms with van der Waals surface area (Å²) in [4.78, 5) is 68.8. The van der Waals surface area contributed by atoms with Crippen LogP contribution in [0.3, 0.4) is 0 Å². The zero-order valence-corrected chi connectivity index (χ0v) is 23.9. The zero-order chi connectivity index (χ0) is 31.5. The standard InChI is InChI=1S/C20H28N8O13P2/c1-8-4-27(19(32)24-15(8)21)12-2-9(30)10(39-12)6-38-42(33,34)20(41-43(35,36)37)3-13(40-11(20)5-29)28-7-23-14-16(28)25-18(22)26-17(14)31/h4,7,9-13,29-30H,2-3,5-6H2,1H3,(H,33,34)(H2,21,24,32)(H2,35,36,37)(H3,22,25,26,31)/t9-,10+,11+,12+,13+,20+/m0/s1. The fraction of sp³-hybridized carbons (Fsp3) is 0.550. The van der Waals surface area contributed by atoms with Gasteiger partial charge in [-0.1, -0.05) is 0 Å². The maximum atomic E-state index is 13.8. The number of H-pyrrole nitrogens is 1. The van der Waals surface area contributed by atoms with Crippen molar-refractivity contribution in [1.29, 1.82) is 0 Å². The molecule has 7 atom stereocenters.